The molecule has 7 rings (SSSR count). The summed E-state index contributed by atoms with van der Waals surface area (Å²) in [6.45, 7) is 3.32. The van der Waals surface area contributed by atoms with Gasteiger partial charge in [0.2, 0.25) is 12.1 Å². The van der Waals surface area contributed by atoms with Gasteiger partial charge in [-0.25, -0.2) is 0 Å². The van der Waals surface area contributed by atoms with Crippen molar-refractivity contribution in [2.24, 2.45) is 0 Å². The van der Waals surface area contributed by atoms with Gasteiger partial charge < -0.3 is 45.2 Å². The summed E-state index contributed by atoms with van der Waals surface area (Å²) < 4.78 is 12.0. The summed E-state index contributed by atoms with van der Waals surface area (Å²) >= 11 is 0. The Kier molecular flexibility index (Phi) is 6.72. The number of carbonyl (C=O) groups is 2. The lowest BCUT2D eigenvalue weighted by Crippen LogP contribution is -2.68. The number of fused-ring (bicyclic) bond motifs is 8. The molecule has 0 amide bonds. The number of rotatable bonds is 3. The Morgan fingerprint density at radius 2 is 1.68 bits per heavy atom. The molecule has 0 spiro atoms. The van der Waals surface area contributed by atoms with E-state index in [1.807, 2.05) is 0 Å². The molecular weight excluding hydrogens is 568 g/mol. The number of carbonyl (C=O) groups excluding carboxylic acids is 2. The van der Waals surface area contributed by atoms with Crippen LogP contribution in [0.1, 0.15) is 107 Å². The van der Waals surface area contributed by atoms with E-state index < -0.39 is 59.1 Å². The van der Waals surface area contributed by atoms with Crippen LogP contribution < -0.4 is 10.1 Å². The number of ether oxygens (including phenoxy) is 2. The number of nitrogens with one attached hydrogen (secondary N) is 1. The number of likely N-dealkylation sites (N-methyl/N-ethyl adjacent to an activating group) is 1. The lowest BCUT2D eigenvalue weighted by molar-refractivity contribution is -0.311. The van der Waals surface area contributed by atoms with Crippen LogP contribution >= 0.6 is 0 Å². The number of aliphatic hydroxyl groups excluding tert-OH is 2. The number of aliphatic hydroxyl groups is 3. The number of phenols is 2. The van der Waals surface area contributed by atoms with Crippen molar-refractivity contribution in [2.75, 3.05) is 14.1 Å². The van der Waals surface area contributed by atoms with Crippen LogP contribution in [0.5, 0.6) is 17.2 Å². The van der Waals surface area contributed by atoms with Crippen molar-refractivity contribution >= 4 is 11.6 Å². The minimum absolute atomic E-state index is 0.0571. The normalized spacial score (nSPS) is 34.6. The molecular formula is C33H40N2O9. The van der Waals surface area contributed by atoms with E-state index in [1.54, 1.807) is 38.9 Å². The van der Waals surface area contributed by atoms with Crippen LogP contribution in [0.15, 0.2) is 12.1 Å². The molecule has 236 valence electrons. The molecule has 0 radical (unpaired) electrons. The smallest absolute Gasteiger partial charge is 0.228 e. The Morgan fingerprint density at radius 3 is 2.36 bits per heavy atom. The van der Waals surface area contributed by atoms with Crippen LogP contribution in [0.25, 0.3) is 0 Å². The van der Waals surface area contributed by atoms with Gasteiger partial charge in [0.25, 0.3) is 0 Å². The third-order valence-electron chi connectivity index (χ3n) is 10.5. The molecule has 2 fully saturated rings. The zero-order valence-corrected chi connectivity index (χ0v) is 25.4. The quantitative estimate of drug-likeness (QED) is 0.258. The highest BCUT2D eigenvalue weighted by Crippen LogP contribution is 2.54. The standard InChI is InChI=1S/C33H40N2O9/c1-32(42)12-14-10-16-21(26(38)20(14)18(13-32)34-15-8-6-5-7-9-15)27(39)22-19(36)11-17-29(23(22)25(16)37)43-31-28(40)24(35(3)4)30(41)33(17,2)44-31/h10-11,15,18,24,28,30-31,34,36,38,40-42H,5-9,12-13H2,1-4H3. The third kappa shape index (κ3) is 4.17. The van der Waals surface area contributed by atoms with Crippen LogP contribution in [0.2, 0.25) is 0 Å². The molecule has 1 saturated heterocycles. The van der Waals surface area contributed by atoms with Crippen molar-refractivity contribution in [3.05, 3.63) is 51.1 Å². The molecule has 2 aliphatic heterocycles. The maximum absolute atomic E-state index is 14.3. The number of phenolic OH excluding ortho intramolecular Hbond substituents is 2. The largest absolute Gasteiger partial charge is 0.507 e. The molecule has 11 nitrogen and oxygen atoms in total. The molecule has 0 aromatic heterocycles. The zero-order valence-electron chi connectivity index (χ0n) is 25.4. The second-order valence-electron chi connectivity index (χ2n) is 13.9. The molecule has 7 unspecified atom stereocenters. The van der Waals surface area contributed by atoms with Gasteiger partial charge in [0.1, 0.15) is 35.1 Å². The first-order chi connectivity index (χ1) is 20.7. The molecule has 2 aromatic carbocycles. The van der Waals surface area contributed by atoms with Crippen LogP contribution in [-0.4, -0.2) is 92.3 Å². The third-order valence-corrected chi connectivity index (χ3v) is 10.5. The van der Waals surface area contributed by atoms with Crippen molar-refractivity contribution in [3.8, 4) is 17.2 Å². The zero-order chi connectivity index (χ0) is 31.5. The fraction of sp³-hybridized carbons (Fsp3) is 0.576. The van der Waals surface area contributed by atoms with Crippen LogP contribution in [0, 0.1) is 0 Å². The Bertz CT molecular complexity index is 1580. The van der Waals surface area contributed by atoms with Gasteiger partial charge in [-0.15, -0.1) is 0 Å². The molecule has 2 bridgehead atoms. The van der Waals surface area contributed by atoms with Gasteiger partial charge in [-0.3, -0.25) is 9.59 Å². The maximum Gasteiger partial charge on any atom is 0.228 e. The monoisotopic (exact) mass is 608 g/mol. The summed E-state index contributed by atoms with van der Waals surface area (Å²) in [7, 11) is 3.40. The molecule has 44 heavy (non-hydrogen) atoms. The first kappa shape index (κ1) is 29.6. The van der Waals surface area contributed by atoms with Gasteiger partial charge in [-0.1, -0.05) is 19.3 Å². The van der Waals surface area contributed by atoms with E-state index in [0.29, 0.717) is 17.5 Å². The molecule has 2 aromatic rings. The van der Waals surface area contributed by atoms with Gasteiger partial charge in [-0.2, -0.15) is 0 Å². The lowest BCUT2D eigenvalue weighted by atomic mass is 9.71. The van der Waals surface area contributed by atoms with E-state index in [4.69, 9.17) is 9.47 Å². The highest BCUT2D eigenvalue weighted by Gasteiger charge is 2.59. The Morgan fingerprint density at radius 1 is 0.977 bits per heavy atom. The number of hydrogen-bond acceptors (Lipinski definition) is 11. The summed E-state index contributed by atoms with van der Waals surface area (Å²) in [5.74, 6) is -2.28. The molecule has 3 aliphatic carbocycles. The van der Waals surface area contributed by atoms with Crippen molar-refractivity contribution in [1.82, 2.24) is 10.2 Å². The van der Waals surface area contributed by atoms with Gasteiger partial charge in [0, 0.05) is 35.2 Å². The van der Waals surface area contributed by atoms with Crippen molar-refractivity contribution in [3.63, 3.8) is 0 Å². The first-order valence-corrected chi connectivity index (χ1v) is 15.5. The number of hydrogen-bond donors (Lipinski definition) is 6. The highest BCUT2D eigenvalue weighted by molar-refractivity contribution is 6.31. The number of aromatic hydroxyl groups is 2. The van der Waals surface area contributed by atoms with Crippen molar-refractivity contribution in [2.45, 2.75) is 107 Å². The Labute approximate surface area is 255 Å². The Hall–Kier alpha value is -3.06. The average molecular weight is 609 g/mol. The molecule has 11 heteroatoms. The Balaban J connectivity index is 1.37. The van der Waals surface area contributed by atoms with Crippen molar-refractivity contribution in [1.29, 1.82) is 0 Å². The van der Waals surface area contributed by atoms with Gasteiger partial charge in [-0.05, 0) is 64.9 Å². The van der Waals surface area contributed by atoms with Gasteiger partial charge >= 0.3 is 0 Å². The minimum atomic E-state index is -1.49. The van der Waals surface area contributed by atoms with E-state index >= 15 is 0 Å². The van der Waals surface area contributed by atoms with E-state index in [2.05, 4.69) is 5.32 Å². The lowest BCUT2D eigenvalue weighted by Gasteiger charge is -2.53. The predicted molar refractivity (Wildman–Crippen MR) is 157 cm³/mol. The second-order valence-corrected chi connectivity index (χ2v) is 13.9. The molecule has 6 N–H and O–H groups in total. The fourth-order valence-corrected chi connectivity index (χ4v) is 8.33. The van der Waals surface area contributed by atoms with Crippen LogP contribution in [0.3, 0.4) is 0 Å². The summed E-state index contributed by atoms with van der Waals surface area (Å²) in [6, 6.07) is 1.82. The number of ketones is 2. The van der Waals surface area contributed by atoms with Gasteiger partial charge in [0.15, 0.2) is 5.78 Å². The molecule has 2 heterocycles. The van der Waals surface area contributed by atoms with E-state index in [-0.39, 0.29) is 51.8 Å². The first-order valence-electron chi connectivity index (χ1n) is 15.5. The number of nitrogens with zero attached hydrogens (tertiary/aromatic N) is 1. The van der Waals surface area contributed by atoms with E-state index in [9.17, 15) is 35.1 Å². The van der Waals surface area contributed by atoms with Crippen molar-refractivity contribution < 1.29 is 44.6 Å². The van der Waals surface area contributed by atoms with Gasteiger partial charge in [0.05, 0.1) is 28.3 Å². The summed E-state index contributed by atoms with van der Waals surface area (Å²) in [6.07, 6.45) is 1.97. The summed E-state index contributed by atoms with van der Waals surface area (Å²) in [5, 5.41) is 60.2. The molecule has 7 atom stereocenters. The van der Waals surface area contributed by atoms with Crippen LogP contribution in [0.4, 0.5) is 0 Å². The summed E-state index contributed by atoms with van der Waals surface area (Å²) in [5.41, 5.74) is -2.14. The topological polar surface area (TPSA) is 169 Å². The van der Waals surface area contributed by atoms with E-state index in [0.717, 1.165) is 25.7 Å². The second kappa shape index (κ2) is 9.97. The molecule has 1 saturated carbocycles. The minimum Gasteiger partial charge on any atom is -0.507 e. The fourth-order valence-electron chi connectivity index (χ4n) is 8.33. The molecule has 5 aliphatic rings. The SMILES string of the molecule is CN(C)C1C(O)C2Oc3c(cc(O)c4c3C(=O)c3cc5c(c(O)c3C4=O)C(NC3CCCCC3)CC(C)(O)C5)C(C)(O2)C1O. The average Bonchev–Trinajstić information content (AvgIpc) is 2.94. The summed E-state index contributed by atoms with van der Waals surface area (Å²) in [4.78, 5) is 30.1. The highest BCUT2D eigenvalue weighted by atomic mass is 16.7. The predicted octanol–water partition coefficient (Wildman–Crippen LogP) is 2.15. The van der Waals surface area contributed by atoms with Crippen LogP contribution in [-0.2, 0) is 16.8 Å². The number of benzene rings is 2. The maximum atomic E-state index is 14.3. The van der Waals surface area contributed by atoms with E-state index in [1.165, 1.54) is 12.5 Å².